The maximum atomic E-state index is 13.7. The van der Waals surface area contributed by atoms with Crippen molar-refractivity contribution in [3.8, 4) is 17.0 Å². The molecule has 3 aromatic rings. The van der Waals surface area contributed by atoms with Crippen molar-refractivity contribution in [1.82, 2.24) is 9.97 Å². The molecule has 2 saturated heterocycles. The van der Waals surface area contributed by atoms with Gasteiger partial charge in [0.2, 0.25) is 0 Å². The van der Waals surface area contributed by atoms with Gasteiger partial charge in [0.25, 0.3) is 0 Å². The second-order valence-electron chi connectivity index (χ2n) is 10.6. The second kappa shape index (κ2) is 10.3. The van der Waals surface area contributed by atoms with E-state index < -0.39 is 23.6 Å². The van der Waals surface area contributed by atoms with Crippen LogP contribution >= 0.6 is 11.6 Å². The molecular weight excluding hydrogens is 563 g/mol. The van der Waals surface area contributed by atoms with Crippen LogP contribution in [0.2, 0.25) is 5.02 Å². The minimum atomic E-state index is -4.52. The lowest BCUT2D eigenvalue weighted by Gasteiger charge is -2.36. The number of alkyl halides is 3. The van der Waals surface area contributed by atoms with Gasteiger partial charge in [-0.1, -0.05) is 23.7 Å². The maximum Gasteiger partial charge on any atom is 0.416 e. The van der Waals surface area contributed by atoms with Crippen molar-refractivity contribution in [2.45, 2.75) is 44.4 Å². The van der Waals surface area contributed by atoms with E-state index in [2.05, 4.69) is 20.2 Å². The molecule has 2 aromatic heterocycles. The van der Waals surface area contributed by atoms with E-state index in [1.807, 2.05) is 13.8 Å². The summed E-state index contributed by atoms with van der Waals surface area (Å²) in [6.07, 6.45) is -1.03. The van der Waals surface area contributed by atoms with Crippen LogP contribution in [0.15, 0.2) is 48.8 Å². The summed E-state index contributed by atoms with van der Waals surface area (Å²) in [4.78, 5) is 26.1. The molecule has 13 heteroatoms. The summed E-state index contributed by atoms with van der Waals surface area (Å²) >= 11 is 6.54. The molecule has 6 rings (SSSR count). The Morgan fingerprint density at radius 3 is 2.83 bits per heavy atom. The smallest absolute Gasteiger partial charge is 0.416 e. The molecule has 9 nitrogen and oxygen atoms in total. The van der Waals surface area contributed by atoms with Gasteiger partial charge in [0, 0.05) is 24.7 Å². The van der Waals surface area contributed by atoms with Crippen LogP contribution in [0.4, 0.5) is 35.2 Å². The van der Waals surface area contributed by atoms with Gasteiger partial charge in [0.1, 0.15) is 18.5 Å². The van der Waals surface area contributed by atoms with Crippen LogP contribution in [-0.2, 0) is 15.7 Å². The Morgan fingerprint density at radius 1 is 1.24 bits per heavy atom. The normalized spacial score (nSPS) is 21.1. The highest BCUT2D eigenvalue weighted by Gasteiger charge is 2.41. The first-order chi connectivity index (χ1) is 19.5. The molecule has 0 radical (unpaired) electrons. The first-order valence-electron chi connectivity index (χ1n) is 13.1. The molecule has 3 aliphatic rings. The highest BCUT2D eigenvalue weighted by atomic mass is 35.5. The fraction of sp³-hybridized carbons (Fsp3) is 0.393. The Bertz CT molecular complexity index is 1490. The van der Waals surface area contributed by atoms with Crippen molar-refractivity contribution in [1.29, 1.82) is 0 Å². The zero-order chi connectivity index (χ0) is 28.9. The van der Waals surface area contributed by atoms with Crippen molar-refractivity contribution < 1.29 is 32.2 Å². The molecule has 3 aliphatic heterocycles. The van der Waals surface area contributed by atoms with E-state index in [4.69, 9.17) is 25.8 Å². The molecule has 2 bridgehead atoms. The van der Waals surface area contributed by atoms with Gasteiger partial charge in [-0.2, -0.15) is 13.2 Å². The third kappa shape index (κ3) is 5.64. The van der Waals surface area contributed by atoms with E-state index in [-0.39, 0.29) is 35.0 Å². The number of benzene rings is 1. The summed E-state index contributed by atoms with van der Waals surface area (Å²) in [6.45, 7) is 5.60. The lowest BCUT2D eigenvalue weighted by atomic mass is 10.1. The number of carbonyl (C=O) groups is 1. The molecule has 0 spiro atoms. The summed E-state index contributed by atoms with van der Waals surface area (Å²) in [7, 11) is 0. The number of carbonyl (C=O) groups excluding carboxylic acids is 1. The minimum Gasteiger partial charge on any atom is -0.489 e. The molecule has 0 saturated carbocycles. The average molecular weight is 590 g/mol. The van der Waals surface area contributed by atoms with Crippen LogP contribution in [0.3, 0.4) is 0 Å². The third-order valence-electron chi connectivity index (χ3n) is 7.18. The van der Waals surface area contributed by atoms with Gasteiger partial charge in [-0.05, 0) is 38.5 Å². The molecular formula is C28H27ClF3N5O4. The number of urea groups is 1. The van der Waals surface area contributed by atoms with Crippen molar-refractivity contribution >= 4 is 34.8 Å². The summed E-state index contributed by atoms with van der Waals surface area (Å²) in [5.74, 6) is 0.107. The molecule has 2 unspecified atom stereocenters. The Hall–Kier alpha value is -3.61. The van der Waals surface area contributed by atoms with Gasteiger partial charge in [-0.15, -0.1) is 0 Å². The van der Waals surface area contributed by atoms with Crippen LogP contribution in [0.5, 0.6) is 5.75 Å². The molecule has 0 aliphatic carbocycles. The number of hydrogen-bond donors (Lipinski definition) is 1. The number of ether oxygens (including phenoxy) is 3. The number of nitrogens with one attached hydrogen (secondary N) is 1. The van der Waals surface area contributed by atoms with Gasteiger partial charge in [0.15, 0.2) is 11.6 Å². The largest absolute Gasteiger partial charge is 0.489 e. The lowest BCUT2D eigenvalue weighted by molar-refractivity contribution is -0.141. The molecule has 1 aromatic carbocycles. The van der Waals surface area contributed by atoms with Crippen LogP contribution in [0, 0.1) is 0 Å². The van der Waals surface area contributed by atoms with E-state index in [0.29, 0.717) is 49.1 Å². The Kier molecular flexibility index (Phi) is 6.95. The number of hydrogen-bond acceptors (Lipinski definition) is 7. The van der Waals surface area contributed by atoms with E-state index in [1.165, 1.54) is 24.5 Å². The summed E-state index contributed by atoms with van der Waals surface area (Å²) < 4.78 is 57.3. The predicted molar refractivity (Wildman–Crippen MR) is 146 cm³/mol. The topological polar surface area (TPSA) is 89.1 Å². The molecule has 5 heterocycles. The van der Waals surface area contributed by atoms with Gasteiger partial charge in [-0.25, -0.2) is 9.78 Å². The minimum absolute atomic E-state index is 0.162. The Balaban J connectivity index is 1.25. The number of halogens is 4. The number of amides is 2. The lowest BCUT2D eigenvalue weighted by Crippen LogP contribution is -2.48. The van der Waals surface area contributed by atoms with Gasteiger partial charge >= 0.3 is 12.2 Å². The molecule has 2 fully saturated rings. The second-order valence-corrected chi connectivity index (χ2v) is 11.0. The standard InChI is InChI=1S/C28H27ClF3N5O4/c1-27(2)40-15-21(41-27)14-39-20-9-18(11-33-12-20)34-26(38)37-19-6-7-36(13-19)23-10-22(29)24(35-25(23)37)16-4-3-5-17(8-16)28(30,31)32/h3-5,8-12,19,21H,6-7,13-15H2,1-2H3,(H,34,38). The van der Waals surface area contributed by atoms with Crippen molar-refractivity contribution in [2.75, 3.05) is 41.4 Å². The number of pyridine rings is 2. The summed E-state index contributed by atoms with van der Waals surface area (Å²) in [5.41, 5.74) is 0.608. The quantitative estimate of drug-likeness (QED) is 0.392. The SMILES string of the molecule is CC1(C)OCC(COc2cncc(NC(=O)N3c4nc(-c5cccc(C(F)(F)F)c5)c(Cl)cc4N4CCC3C4)c2)O1. The predicted octanol–water partition coefficient (Wildman–Crippen LogP) is 5.98. The summed E-state index contributed by atoms with van der Waals surface area (Å²) in [6, 6.07) is 7.50. The molecule has 1 N–H and O–H groups in total. The molecule has 2 amide bonds. The van der Waals surface area contributed by atoms with E-state index >= 15 is 0 Å². The number of rotatable bonds is 5. The first kappa shape index (κ1) is 27.6. The van der Waals surface area contributed by atoms with Crippen molar-refractivity contribution in [2.24, 2.45) is 0 Å². The fourth-order valence-corrected chi connectivity index (χ4v) is 5.57. The highest BCUT2D eigenvalue weighted by molar-refractivity contribution is 6.33. The number of aromatic nitrogens is 2. The molecule has 216 valence electrons. The number of fused-ring (bicyclic) bond motifs is 4. The highest BCUT2D eigenvalue weighted by Crippen LogP contribution is 2.44. The number of nitrogens with zero attached hydrogens (tertiary/aromatic N) is 4. The van der Waals surface area contributed by atoms with Crippen molar-refractivity contribution in [3.63, 3.8) is 0 Å². The average Bonchev–Trinajstić information content (AvgIpc) is 3.50. The third-order valence-corrected chi connectivity index (χ3v) is 7.47. The summed E-state index contributed by atoms with van der Waals surface area (Å²) in [5, 5.41) is 3.07. The van der Waals surface area contributed by atoms with Crippen LogP contribution in [0.1, 0.15) is 25.8 Å². The first-order valence-corrected chi connectivity index (χ1v) is 13.5. The number of anilines is 3. The Morgan fingerprint density at radius 2 is 2.07 bits per heavy atom. The van der Waals surface area contributed by atoms with E-state index in [0.717, 1.165) is 12.1 Å². The van der Waals surface area contributed by atoms with Crippen LogP contribution in [-0.4, -0.2) is 60.2 Å². The van der Waals surface area contributed by atoms with Gasteiger partial charge in [0.05, 0.1) is 52.7 Å². The molecule has 41 heavy (non-hydrogen) atoms. The monoisotopic (exact) mass is 589 g/mol. The van der Waals surface area contributed by atoms with Crippen LogP contribution in [0.25, 0.3) is 11.3 Å². The zero-order valence-electron chi connectivity index (χ0n) is 22.2. The fourth-order valence-electron chi connectivity index (χ4n) is 5.32. The van der Waals surface area contributed by atoms with Gasteiger partial charge < -0.3 is 24.4 Å². The maximum absolute atomic E-state index is 13.7. The van der Waals surface area contributed by atoms with Gasteiger partial charge in [-0.3, -0.25) is 9.88 Å². The van der Waals surface area contributed by atoms with Crippen LogP contribution < -0.4 is 19.9 Å². The van der Waals surface area contributed by atoms with E-state index in [1.54, 1.807) is 17.0 Å². The Labute approximate surface area is 239 Å². The van der Waals surface area contributed by atoms with Crippen molar-refractivity contribution in [3.05, 3.63) is 59.4 Å². The zero-order valence-corrected chi connectivity index (χ0v) is 23.0. The van der Waals surface area contributed by atoms with E-state index in [9.17, 15) is 18.0 Å². The molecule has 2 atom stereocenters.